The van der Waals surface area contributed by atoms with Gasteiger partial charge in [-0.25, -0.2) is 0 Å². The quantitative estimate of drug-likeness (QED) is 0.632. The van der Waals surface area contributed by atoms with Crippen molar-refractivity contribution in [2.45, 2.75) is 24.9 Å². The van der Waals surface area contributed by atoms with Gasteiger partial charge in [-0.15, -0.1) is 0 Å². The van der Waals surface area contributed by atoms with E-state index in [1.54, 1.807) is 0 Å². The van der Waals surface area contributed by atoms with Crippen molar-refractivity contribution in [1.29, 1.82) is 0 Å². The van der Waals surface area contributed by atoms with Crippen molar-refractivity contribution >= 4 is 0 Å². The third-order valence-electron chi connectivity index (χ3n) is 4.05. The summed E-state index contributed by atoms with van der Waals surface area (Å²) in [6.45, 7) is 4.59. The van der Waals surface area contributed by atoms with Crippen LogP contribution in [-0.2, 0) is 0 Å². The van der Waals surface area contributed by atoms with Gasteiger partial charge in [0.1, 0.15) is 0 Å². The SMILES string of the molecule is CC12C=CC=CC1C1C=CC=CC1(C)N2. The largest absolute Gasteiger partial charge is 0.298 e. The van der Waals surface area contributed by atoms with E-state index in [2.05, 4.69) is 67.8 Å². The van der Waals surface area contributed by atoms with Gasteiger partial charge in [0.05, 0.1) is 0 Å². The summed E-state index contributed by atoms with van der Waals surface area (Å²) >= 11 is 0. The summed E-state index contributed by atoms with van der Waals surface area (Å²) in [5, 5.41) is 3.77. The number of fused-ring (bicyclic) bond motifs is 3. The number of hydrogen-bond acceptors (Lipinski definition) is 1. The van der Waals surface area contributed by atoms with Crippen LogP contribution in [0.5, 0.6) is 0 Å². The minimum Gasteiger partial charge on any atom is -0.298 e. The maximum Gasteiger partial charge on any atom is 0.0415 e. The molecule has 0 amide bonds. The Labute approximate surface area is 91.3 Å². The van der Waals surface area contributed by atoms with Crippen LogP contribution in [0, 0.1) is 11.8 Å². The normalized spacial score (nSPS) is 50.5. The first-order chi connectivity index (χ1) is 7.14. The van der Waals surface area contributed by atoms with Crippen LogP contribution < -0.4 is 5.32 Å². The van der Waals surface area contributed by atoms with Crippen LogP contribution in [0.15, 0.2) is 48.6 Å². The van der Waals surface area contributed by atoms with E-state index in [-0.39, 0.29) is 11.1 Å². The lowest BCUT2D eigenvalue weighted by Gasteiger charge is -2.30. The van der Waals surface area contributed by atoms with E-state index in [1.165, 1.54) is 0 Å². The number of nitrogens with one attached hydrogen (secondary N) is 1. The van der Waals surface area contributed by atoms with Gasteiger partial charge in [-0.05, 0) is 13.8 Å². The van der Waals surface area contributed by atoms with E-state index in [4.69, 9.17) is 0 Å². The fraction of sp³-hybridized carbons (Fsp3) is 0.429. The fourth-order valence-electron chi connectivity index (χ4n) is 3.32. The van der Waals surface area contributed by atoms with Crippen LogP contribution in [0.2, 0.25) is 0 Å². The molecule has 4 unspecified atom stereocenters. The highest BCUT2D eigenvalue weighted by Gasteiger charge is 2.52. The molecule has 4 atom stereocenters. The molecule has 0 saturated carbocycles. The van der Waals surface area contributed by atoms with Crippen LogP contribution >= 0.6 is 0 Å². The summed E-state index contributed by atoms with van der Waals surface area (Å²) in [6, 6.07) is 0. The molecule has 3 rings (SSSR count). The summed E-state index contributed by atoms with van der Waals surface area (Å²) in [6.07, 6.45) is 17.9. The molecule has 2 aliphatic carbocycles. The lowest BCUT2D eigenvalue weighted by molar-refractivity contribution is 0.406. The average Bonchev–Trinajstić information content (AvgIpc) is 2.43. The van der Waals surface area contributed by atoms with Crippen molar-refractivity contribution in [2.75, 3.05) is 0 Å². The Hall–Kier alpha value is -1.08. The van der Waals surface area contributed by atoms with Gasteiger partial charge in [-0.1, -0.05) is 48.6 Å². The van der Waals surface area contributed by atoms with E-state index in [9.17, 15) is 0 Å². The van der Waals surface area contributed by atoms with E-state index in [0.29, 0.717) is 11.8 Å². The predicted molar refractivity (Wildman–Crippen MR) is 63.5 cm³/mol. The Balaban J connectivity index is 2.09. The van der Waals surface area contributed by atoms with Crippen molar-refractivity contribution in [2.24, 2.45) is 11.8 Å². The minimum absolute atomic E-state index is 0.118. The molecule has 0 radical (unpaired) electrons. The molecule has 0 bridgehead atoms. The van der Waals surface area contributed by atoms with Gasteiger partial charge in [-0.2, -0.15) is 0 Å². The molecular weight excluding hydrogens is 182 g/mol. The third kappa shape index (κ3) is 1.13. The molecule has 1 heteroatoms. The van der Waals surface area contributed by atoms with Crippen LogP contribution in [-0.4, -0.2) is 11.1 Å². The summed E-state index contributed by atoms with van der Waals surface area (Å²) in [7, 11) is 0. The van der Waals surface area contributed by atoms with Crippen LogP contribution in [0.4, 0.5) is 0 Å². The fourth-order valence-corrected chi connectivity index (χ4v) is 3.32. The molecule has 1 nitrogen and oxygen atoms in total. The Morgan fingerprint density at radius 1 is 0.800 bits per heavy atom. The zero-order valence-electron chi connectivity index (χ0n) is 9.27. The topological polar surface area (TPSA) is 12.0 Å². The Morgan fingerprint density at radius 2 is 1.27 bits per heavy atom. The molecule has 0 aromatic carbocycles. The lowest BCUT2D eigenvalue weighted by atomic mass is 9.73. The molecule has 1 heterocycles. The molecule has 1 fully saturated rings. The smallest absolute Gasteiger partial charge is 0.0415 e. The van der Waals surface area contributed by atoms with Gasteiger partial charge >= 0.3 is 0 Å². The number of hydrogen-bond donors (Lipinski definition) is 1. The van der Waals surface area contributed by atoms with E-state index >= 15 is 0 Å². The van der Waals surface area contributed by atoms with E-state index in [0.717, 1.165) is 0 Å². The van der Waals surface area contributed by atoms with E-state index in [1.807, 2.05) is 0 Å². The van der Waals surface area contributed by atoms with Gasteiger partial charge in [0.2, 0.25) is 0 Å². The second kappa shape index (κ2) is 2.73. The summed E-state index contributed by atoms with van der Waals surface area (Å²) in [5.74, 6) is 1.15. The molecule has 1 aliphatic heterocycles. The van der Waals surface area contributed by atoms with Crippen molar-refractivity contribution in [3.8, 4) is 0 Å². The number of rotatable bonds is 0. The van der Waals surface area contributed by atoms with Gasteiger partial charge in [0.15, 0.2) is 0 Å². The number of allylic oxidation sites excluding steroid dienone is 4. The Bertz CT molecular complexity index is 364. The highest BCUT2D eigenvalue weighted by atomic mass is 15.1. The summed E-state index contributed by atoms with van der Waals surface area (Å²) < 4.78 is 0. The first-order valence-corrected chi connectivity index (χ1v) is 5.65. The molecule has 1 saturated heterocycles. The van der Waals surface area contributed by atoms with Crippen molar-refractivity contribution in [3.05, 3.63) is 48.6 Å². The Morgan fingerprint density at radius 3 is 1.73 bits per heavy atom. The third-order valence-corrected chi connectivity index (χ3v) is 4.05. The van der Waals surface area contributed by atoms with Crippen molar-refractivity contribution in [1.82, 2.24) is 5.32 Å². The second-order valence-corrected chi connectivity index (χ2v) is 5.23. The molecule has 0 aromatic rings. The van der Waals surface area contributed by atoms with Crippen LogP contribution in [0.3, 0.4) is 0 Å². The van der Waals surface area contributed by atoms with E-state index < -0.39 is 0 Å². The molecule has 0 spiro atoms. The maximum atomic E-state index is 3.77. The second-order valence-electron chi connectivity index (χ2n) is 5.23. The van der Waals surface area contributed by atoms with Gasteiger partial charge in [-0.3, -0.25) is 5.32 Å². The monoisotopic (exact) mass is 199 g/mol. The lowest BCUT2D eigenvalue weighted by Crippen LogP contribution is -2.47. The molecule has 78 valence electrons. The van der Waals surface area contributed by atoms with Crippen molar-refractivity contribution < 1.29 is 0 Å². The molecular formula is C14H17N. The summed E-state index contributed by atoms with van der Waals surface area (Å²) in [5.41, 5.74) is 0.236. The maximum absolute atomic E-state index is 3.77. The predicted octanol–water partition coefficient (Wildman–Crippen LogP) is 2.59. The van der Waals surface area contributed by atoms with Gasteiger partial charge in [0, 0.05) is 22.9 Å². The first kappa shape index (κ1) is 9.17. The highest BCUT2D eigenvalue weighted by molar-refractivity contribution is 5.38. The van der Waals surface area contributed by atoms with Gasteiger partial charge in [0.25, 0.3) is 0 Å². The molecule has 15 heavy (non-hydrogen) atoms. The van der Waals surface area contributed by atoms with Gasteiger partial charge < -0.3 is 0 Å². The van der Waals surface area contributed by atoms with Crippen LogP contribution in [0.25, 0.3) is 0 Å². The Kier molecular flexibility index (Phi) is 1.67. The first-order valence-electron chi connectivity index (χ1n) is 5.65. The average molecular weight is 199 g/mol. The summed E-state index contributed by atoms with van der Waals surface area (Å²) in [4.78, 5) is 0. The zero-order chi connectivity index (χ0) is 10.5. The standard InChI is InChI=1S/C14H17N/c1-13-9-5-3-7-11(13)12-8-4-6-10-14(12,2)15-13/h3-12,15H,1-2H3. The van der Waals surface area contributed by atoms with Crippen LogP contribution in [0.1, 0.15) is 13.8 Å². The molecule has 3 aliphatic rings. The van der Waals surface area contributed by atoms with Crippen molar-refractivity contribution in [3.63, 3.8) is 0 Å². The molecule has 1 N–H and O–H groups in total. The zero-order valence-corrected chi connectivity index (χ0v) is 9.27. The minimum atomic E-state index is 0.118. The molecule has 0 aromatic heterocycles. The highest BCUT2D eigenvalue weighted by Crippen LogP contribution is 2.46.